The van der Waals surface area contributed by atoms with Crippen LogP contribution in [0.5, 0.6) is 0 Å². The van der Waals surface area contributed by atoms with Gasteiger partial charge in [0.05, 0.1) is 42.0 Å². The van der Waals surface area contributed by atoms with Crippen LogP contribution in [-0.4, -0.2) is 47.2 Å². The maximum Gasteiger partial charge on any atom is 0.267 e. The molecular weight excluding hydrogens is 302 g/mol. The maximum atomic E-state index is 12.2. The highest BCUT2D eigenvalue weighted by Gasteiger charge is 2.16. The van der Waals surface area contributed by atoms with Crippen LogP contribution in [0.3, 0.4) is 0 Å². The lowest BCUT2D eigenvalue weighted by molar-refractivity contribution is 0.102. The number of nitrogens with one attached hydrogen (secondary N) is 1. The molecular formula is C14H17N5O2S. The first kappa shape index (κ1) is 14.9. The van der Waals surface area contributed by atoms with Crippen LogP contribution in [0.25, 0.3) is 0 Å². The zero-order valence-corrected chi connectivity index (χ0v) is 13.3. The van der Waals surface area contributed by atoms with Crippen LogP contribution in [0.1, 0.15) is 20.4 Å². The van der Waals surface area contributed by atoms with E-state index in [0.29, 0.717) is 29.7 Å². The van der Waals surface area contributed by atoms with Gasteiger partial charge >= 0.3 is 0 Å². The number of anilines is 2. The van der Waals surface area contributed by atoms with E-state index in [0.717, 1.165) is 23.8 Å². The van der Waals surface area contributed by atoms with Gasteiger partial charge in [0, 0.05) is 13.1 Å². The van der Waals surface area contributed by atoms with Gasteiger partial charge in [-0.15, -0.1) is 11.3 Å². The zero-order valence-electron chi connectivity index (χ0n) is 12.5. The molecule has 0 spiro atoms. The van der Waals surface area contributed by atoms with E-state index < -0.39 is 0 Å². The first-order valence-corrected chi connectivity index (χ1v) is 7.85. The van der Waals surface area contributed by atoms with Crippen molar-refractivity contribution < 1.29 is 9.53 Å². The zero-order chi connectivity index (χ0) is 15.5. The lowest BCUT2D eigenvalue weighted by atomic mass is 10.3. The van der Waals surface area contributed by atoms with E-state index in [1.165, 1.54) is 11.3 Å². The minimum atomic E-state index is -0.175. The molecule has 1 N–H and O–H groups in total. The quantitative estimate of drug-likeness (QED) is 0.926. The van der Waals surface area contributed by atoms with Gasteiger partial charge in [0.2, 0.25) is 5.95 Å². The number of carbonyl (C=O) groups is 1. The molecule has 1 aliphatic rings. The molecule has 1 saturated heterocycles. The van der Waals surface area contributed by atoms with Crippen LogP contribution in [0.15, 0.2) is 12.4 Å². The molecule has 8 heteroatoms. The normalized spacial score (nSPS) is 14.9. The molecule has 0 radical (unpaired) electrons. The van der Waals surface area contributed by atoms with Crippen LogP contribution in [-0.2, 0) is 4.74 Å². The van der Waals surface area contributed by atoms with Crippen molar-refractivity contribution in [2.75, 3.05) is 36.5 Å². The fraction of sp³-hybridized carbons (Fsp3) is 0.429. The second-order valence-corrected chi connectivity index (χ2v) is 6.18. The third-order valence-corrected chi connectivity index (χ3v) is 4.37. The summed E-state index contributed by atoms with van der Waals surface area (Å²) in [7, 11) is 0. The smallest absolute Gasteiger partial charge is 0.267 e. The number of rotatable bonds is 3. The number of nitrogens with zero attached hydrogens (tertiary/aromatic N) is 4. The number of carbonyl (C=O) groups excluding carboxylic acids is 1. The molecule has 116 valence electrons. The lowest BCUT2D eigenvalue weighted by Crippen LogP contribution is -2.37. The summed E-state index contributed by atoms with van der Waals surface area (Å²) in [5, 5.41) is 3.68. The number of amides is 1. The molecule has 0 aromatic carbocycles. The van der Waals surface area contributed by atoms with Crippen molar-refractivity contribution in [1.29, 1.82) is 0 Å². The van der Waals surface area contributed by atoms with E-state index in [1.54, 1.807) is 12.4 Å². The van der Waals surface area contributed by atoms with Crippen molar-refractivity contribution in [2.45, 2.75) is 13.8 Å². The summed E-state index contributed by atoms with van der Waals surface area (Å²) >= 11 is 1.38. The van der Waals surface area contributed by atoms with E-state index in [4.69, 9.17) is 4.74 Å². The van der Waals surface area contributed by atoms with E-state index in [9.17, 15) is 4.79 Å². The number of ether oxygens (including phenoxy) is 1. The predicted octanol–water partition coefficient (Wildman–Crippen LogP) is 1.64. The Kier molecular flexibility index (Phi) is 4.30. The SMILES string of the molecule is Cc1nc(C)c(C(=O)Nc2cnc(N3CCOCC3)nc2)s1. The molecule has 2 aromatic rings. The molecule has 7 nitrogen and oxygen atoms in total. The molecule has 0 unspecified atom stereocenters. The number of aromatic nitrogens is 3. The van der Waals surface area contributed by atoms with Crippen LogP contribution >= 0.6 is 11.3 Å². The molecule has 0 bridgehead atoms. The third-order valence-electron chi connectivity index (χ3n) is 3.30. The highest BCUT2D eigenvalue weighted by Crippen LogP contribution is 2.19. The van der Waals surface area contributed by atoms with Crippen molar-refractivity contribution in [3.05, 3.63) is 28.0 Å². The number of aryl methyl sites for hydroxylation is 2. The summed E-state index contributed by atoms with van der Waals surface area (Å²) in [6.07, 6.45) is 3.25. The Balaban J connectivity index is 1.68. The highest BCUT2D eigenvalue weighted by atomic mass is 32.1. The largest absolute Gasteiger partial charge is 0.378 e. The summed E-state index contributed by atoms with van der Waals surface area (Å²) in [4.78, 5) is 27.8. The Bertz CT molecular complexity index is 664. The van der Waals surface area contributed by atoms with Gasteiger partial charge in [-0.2, -0.15) is 0 Å². The molecule has 3 rings (SSSR count). The monoisotopic (exact) mass is 319 g/mol. The van der Waals surface area contributed by atoms with Crippen LogP contribution in [0.2, 0.25) is 0 Å². The van der Waals surface area contributed by atoms with Crippen molar-refractivity contribution in [3.8, 4) is 0 Å². The summed E-state index contributed by atoms with van der Waals surface area (Å²) in [6.45, 7) is 6.65. The fourth-order valence-corrected chi connectivity index (χ4v) is 3.06. The average molecular weight is 319 g/mol. The standard InChI is InChI=1S/C14H17N5O2S/c1-9-12(22-10(2)17-9)13(20)18-11-7-15-14(16-8-11)19-3-5-21-6-4-19/h7-8H,3-6H2,1-2H3,(H,18,20). The number of hydrogen-bond donors (Lipinski definition) is 1. The molecule has 1 amide bonds. The number of thiazole rings is 1. The van der Waals surface area contributed by atoms with E-state index in [2.05, 4.69) is 25.2 Å². The van der Waals surface area contributed by atoms with Crippen molar-refractivity contribution in [1.82, 2.24) is 15.0 Å². The number of morpholine rings is 1. The van der Waals surface area contributed by atoms with E-state index in [-0.39, 0.29) is 5.91 Å². The lowest BCUT2D eigenvalue weighted by Gasteiger charge is -2.26. The molecule has 2 aromatic heterocycles. The second kappa shape index (κ2) is 6.37. The van der Waals surface area contributed by atoms with Gasteiger partial charge in [0.15, 0.2) is 0 Å². The van der Waals surface area contributed by atoms with Crippen molar-refractivity contribution >= 4 is 28.9 Å². The molecule has 3 heterocycles. The van der Waals surface area contributed by atoms with Crippen LogP contribution in [0.4, 0.5) is 11.6 Å². The van der Waals surface area contributed by atoms with Gasteiger partial charge in [-0.1, -0.05) is 0 Å². The van der Waals surface area contributed by atoms with Crippen molar-refractivity contribution in [2.24, 2.45) is 0 Å². The first-order valence-electron chi connectivity index (χ1n) is 7.03. The Morgan fingerprint density at radius 1 is 1.27 bits per heavy atom. The second-order valence-electron chi connectivity index (χ2n) is 4.97. The fourth-order valence-electron chi connectivity index (χ4n) is 2.24. The molecule has 1 fully saturated rings. The molecule has 0 aliphatic carbocycles. The van der Waals surface area contributed by atoms with Gasteiger partial charge in [-0.3, -0.25) is 4.79 Å². The van der Waals surface area contributed by atoms with Gasteiger partial charge in [-0.25, -0.2) is 15.0 Å². The van der Waals surface area contributed by atoms with Gasteiger partial charge < -0.3 is 15.0 Å². The average Bonchev–Trinajstić information content (AvgIpc) is 2.88. The van der Waals surface area contributed by atoms with Gasteiger partial charge in [0.1, 0.15) is 4.88 Å². The molecule has 22 heavy (non-hydrogen) atoms. The minimum absolute atomic E-state index is 0.175. The minimum Gasteiger partial charge on any atom is -0.378 e. The summed E-state index contributed by atoms with van der Waals surface area (Å²) < 4.78 is 5.30. The van der Waals surface area contributed by atoms with Crippen LogP contribution in [0, 0.1) is 13.8 Å². The van der Waals surface area contributed by atoms with Gasteiger partial charge in [-0.05, 0) is 13.8 Å². The van der Waals surface area contributed by atoms with Crippen molar-refractivity contribution in [3.63, 3.8) is 0 Å². The summed E-state index contributed by atoms with van der Waals surface area (Å²) in [5.41, 5.74) is 1.32. The highest BCUT2D eigenvalue weighted by molar-refractivity contribution is 7.13. The van der Waals surface area contributed by atoms with E-state index >= 15 is 0 Å². The number of hydrogen-bond acceptors (Lipinski definition) is 7. The molecule has 1 aliphatic heterocycles. The molecule has 0 saturated carbocycles. The predicted molar refractivity (Wildman–Crippen MR) is 84.6 cm³/mol. The topological polar surface area (TPSA) is 80.2 Å². The first-order chi connectivity index (χ1) is 10.6. The Morgan fingerprint density at radius 3 is 2.55 bits per heavy atom. The van der Waals surface area contributed by atoms with Crippen LogP contribution < -0.4 is 10.2 Å². The summed E-state index contributed by atoms with van der Waals surface area (Å²) in [6, 6.07) is 0. The van der Waals surface area contributed by atoms with E-state index in [1.807, 2.05) is 13.8 Å². The molecule has 0 atom stereocenters. The van der Waals surface area contributed by atoms with Gasteiger partial charge in [0.25, 0.3) is 5.91 Å². The maximum absolute atomic E-state index is 12.2. The Morgan fingerprint density at radius 2 is 1.95 bits per heavy atom. The Labute approximate surface area is 132 Å². The third kappa shape index (κ3) is 3.23. The Hall–Kier alpha value is -2.06. The summed E-state index contributed by atoms with van der Waals surface area (Å²) in [5.74, 6) is 0.483.